The molecule has 0 bridgehead atoms. The van der Waals surface area contributed by atoms with Gasteiger partial charge in [0.15, 0.2) is 5.82 Å². The van der Waals surface area contributed by atoms with Crippen LogP contribution in [0.2, 0.25) is 0 Å². The zero-order valence-electron chi connectivity index (χ0n) is 18.8. The molecule has 35 heavy (non-hydrogen) atoms. The van der Waals surface area contributed by atoms with Crippen molar-refractivity contribution in [1.29, 1.82) is 0 Å². The summed E-state index contributed by atoms with van der Waals surface area (Å²) in [4.78, 5) is 30.7. The molecule has 1 aromatic carbocycles. The van der Waals surface area contributed by atoms with Crippen LogP contribution >= 0.6 is 0 Å². The highest BCUT2D eigenvalue weighted by atomic mass is 19.4. The van der Waals surface area contributed by atoms with Crippen molar-refractivity contribution in [1.82, 2.24) is 14.4 Å². The predicted octanol–water partition coefficient (Wildman–Crippen LogP) is 3.53. The average Bonchev–Trinajstić information content (AvgIpc) is 3.28. The third kappa shape index (κ3) is 6.38. The molecule has 1 amide bonds. The van der Waals surface area contributed by atoms with Crippen molar-refractivity contribution < 1.29 is 42.1 Å². The van der Waals surface area contributed by atoms with Crippen LogP contribution in [-0.4, -0.2) is 65.0 Å². The van der Waals surface area contributed by atoms with E-state index in [0.29, 0.717) is 34.6 Å². The van der Waals surface area contributed by atoms with Gasteiger partial charge in [-0.15, -0.1) is 0 Å². The molecule has 3 heterocycles. The van der Waals surface area contributed by atoms with Crippen molar-refractivity contribution in [3.63, 3.8) is 0 Å². The molecule has 188 valence electrons. The van der Waals surface area contributed by atoms with Crippen molar-refractivity contribution in [3.05, 3.63) is 47.9 Å². The van der Waals surface area contributed by atoms with Crippen LogP contribution < -0.4 is 14.8 Å². The first kappa shape index (κ1) is 25.7. The number of methoxy groups -OCH3 is 2. The standard InChI is InChI=1S/C20H22N4O4.C2HF3O2/c1-26-16-6-4-3-5-14(16)19(25)22-17-12-24-11-15(13-7-9-28-10-8-13)21-18(24)20(23-17)27-2;3-2(4,5)1(6)7/h3-6,11-13H,7-10H2,1-2H3,(H,22,25);(H,6,7). The highest BCUT2D eigenvalue weighted by molar-refractivity contribution is 6.05. The lowest BCUT2D eigenvalue weighted by Crippen LogP contribution is -2.21. The number of para-hydroxylation sites is 1. The van der Waals surface area contributed by atoms with E-state index < -0.39 is 12.1 Å². The van der Waals surface area contributed by atoms with E-state index in [4.69, 9.17) is 29.1 Å². The largest absolute Gasteiger partial charge is 0.496 e. The molecular formula is C22H23F3N4O6. The molecule has 2 N–H and O–H groups in total. The fourth-order valence-corrected chi connectivity index (χ4v) is 3.39. The van der Waals surface area contributed by atoms with Gasteiger partial charge in [-0.3, -0.25) is 9.20 Å². The molecule has 1 saturated heterocycles. The van der Waals surface area contributed by atoms with Gasteiger partial charge < -0.3 is 24.6 Å². The minimum absolute atomic E-state index is 0.309. The van der Waals surface area contributed by atoms with Crippen LogP contribution in [0.3, 0.4) is 0 Å². The second-order valence-corrected chi connectivity index (χ2v) is 7.38. The number of imidazole rings is 1. The lowest BCUT2D eigenvalue weighted by molar-refractivity contribution is -0.192. The number of halogens is 3. The molecule has 0 radical (unpaired) electrons. The molecular weight excluding hydrogens is 473 g/mol. The topological polar surface area (TPSA) is 124 Å². The number of carbonyl (C=O) groups is 2. The molecule has 1 fully saturated rings. The van der Waals surface area contributed by atoms with E-state index in [1.54, 1.807) is 24.4 Å². The van der Waals surface area contributed by atoms with Crippen molar-refractivity contribution in [2.45, 2.75) is 24.9 Å². The Labute approximate surface area is 197 Å². The molecule has 0 saturated carbocycles. The number of carboxylic acid groups (broad SMARTS) is 1. The summed E-state index contributed by atoms with van der Waals surface area (Å²) in [5.41, 5.74) is 2.04. The maximum atomic E-state index is 12.7. The first-order valence-corrected chi connectivity index (χ1v) is 10.4. The normalized spacial score (nSPS) is 14.1. The minimum Gasteiger partial charge on any atom is -0.496 e. The molecule has 1 aliphatic rings. The summed E-state index contributed by atoms with van der Waals surface area (Å²) in [6, 6.07) is 7.03. The van der Waals surface area contributed by atoms with E-state index in [-0.39, 0.29) is 5.91 Å². The number of carboxylic acids is 1. The summed E-state index contributed by atoms with van der Waals surface area (Å²) in [6.07, 6.45) is 0.503. The Hall–Kier alpha value is -3.87. The van der Waals surface area contributed by atoms with Gasteiger partial charge in [-0.2, -0.15) is 18.2 Å². The van der Waals surface area contributed by atoms with Crippen LogP contribution in [0, 0.1) is 0 Å². The molecule has 0 aliphatic carbocycles. The molecule has 1 aliphatic heterocycles. The second-order valence-electron chi connectivity index (χ2n) is 7.38. The van der Waals surface area contributed by atoms with Gasteiger partial charge in [-0.25, -0.2) is 9.78 Å². The van der Waals surface area contributed by atoms with Crippen LogP contribution in [0.15, 0.2) is 36.7 Å². The van der Waals surface area contributed by atoms with Gasteiger partial charge in [-0.1, -0.05) is 12.1 Å². The summed E-state index contributed by atoms with van der Waals surface area (Å²) in [6.45, 7) is 1.49. The predicted molar refractivity (Wildman–Crippen MR) is 117 cm³/mol. The monoisotopic (exact) mass is 496 g/mol. The molecule has 0 atom stereocenters. The van der Waals surface area contributed by atoms with Gasteiger partial charge in [0, 0.05) is 25.3 Å². The number of nitrogens with zero attached hydrogens (tertiary/aromatic N) is 3. The Morgan fingerprint density at radius 2 is 1.77 bits per heavy atom. The summed E-state index contributed by atoms with van der Waals surface area (Å²) >= 11 is 0. The summed E-state index contributed by atoms with van der Waals surface area (Å²) < 4.78 is 49.7. The number of rotatable bonds is 5. The van der Waals surface area contributed by atoms with E-state index >= 15 is 0 Å². The Morgan fingerprint density at radius 3 is 2.37 bits per heavy atom. The van der Waals surface area contributed by atoms with Gasteiger partial charge >= 0.3 is 12.1 Å². The van der Waals surface area contributed by atoms with E-state index in [2.05, 4.69) is 10.3 Å². The van der Waals surface area contributed by atoms with E-state index in [9.17, 15) is 18.0 Å². The summed E-state index contributed by atoms with van der Waals surface area (Å²) in [5, 5.41) is 9.93. The van der Waals surface area contributed by atoms with Crippen LogP contribution in [0.1, 0.15) is 34.8 Å². The highest BCUT2D eigenvalue weighted by Gasteiger charge is 2.38. The van der Waals surface area contributed by atoms with E-state index in [0.717, 1.165) is 31.7 Å². The SMILES string of the molecule is COc1ccccc1C(=O)Nc1cn2cc(C3CCOCC3)nc2c(OC)n1.O=C(O)C(F)(F)F. The molecule has 4 rings (SSSR count). The first-order valence-electron chi connectivity index (χ1n) is 10.4. The van der Waals surface area contributed by atoms with Crippen molar-refractivity contribution in [2.24, 2.45) is 0 Å². The maximum Gasteiger partial charge on any atom is 0.490 e. The number of carbonyl (C=O) groups excluding carboxylic acids is 1. The number of hydrogen-bond acceptors (Lipinski definition) is 7. The Bertz CT molecular complexity index is 1190. The van der Waals surface area contributed by atoms with Gasteiger partial charge in [0.2, 0.25) is 5.65 Å². The highest BCUT2D eigenvalue weighted by Crippen LogP contribution is 2.29. The fraction of sp³-hybridized carbons (Fsp3) is 0.364. The lowest BCUT2D eigenvalue weighted by Gasteiger charge is -2.19. The number of aromatic nitrogens is 3. The molecule has 0 unspecified atom stereocenters. The zero-order chi connectivity index (χ0) is 25.6. The van der Waals surface area contributed by atoms with Gasteiger partial charge in [0.1, 0.15) is 5.75 Å². The molecule has 13 heteroatoms. The number of amides is 1. The van der Waals surface area contributed by atoms with Gasteiger partial charge in [-0.05, 0) is 25.0 Å². The van der Waals surface area contributed by atoms with Crippen molar-refractivity contribution in [3.8, 4) is 11.6 Å². The van der Waals surface area contributed by atoms with Crippen molar-refractivity contribution >= 4 is 23.3 Å². The number of alkyl halides is 3. The van der Waals surface area contributed by atoms with Crippen LogP contribution in [-0.2, 0) is 9.53 Å². The van der Waals surface area contributed by atoms with Crippen LogP contribution in [0.25, 0.3) is 5.65 Å². The van der Waals surface area contributed by atoms with E-state index in [1.165, 1.54) is 14.2 Å². The molecule has 3 aromatic rings. The number of anilines is 1. The third-order valence-electron chi connectivity index (χ3n) is 5.09. The lowest BCUT2D eigenvalue weighted by atomic mass is 9.97. The molecule has 2 aromatic heterocycles. The van der Waals surface area contributed by atoms with Crippen molar-refractivity contribution in [2.75, 3.05) is 32.8 Å². The zero-order valence-corrected chi connectivity index (χ0v) is 18.8. The van der Waals surface area contributed by atoms with Crippen LogP contribution in [0.5, 0.6) is 11.6 Å². The van der Waals surface area contributed by atoms with Gasteiger partial charge in [0.25, 0.3) is 11.8 Å². The number of aliphatic carboxylic acids is 1. The summed E-state index contributed by atoms with van der Waals surface area (Å²) in [7, 11) is 3.07. The number of hydrogen-bond donors (Lipinski definition) is 2. The molecule has 10 nitrogen and oxygen atoms in total. The Morgan fingerprint density at radius 1 is 1.11 bits per heavy atom. The molecule has 0 spiro atoms. The smallest absolute Gasteiger partial charge is 0.490 e. The van der Waals surface area contributed by atoms with Gasteiger partial charge in [0.05, 0.1) is 31.7 Å². The first-order chi connectivity index (χ1) is 16.6. The number of ether oxygens (including phenoxy) is 3. The number of benzene rings is 1. The Balaban J connectivity index is 0.000000429. The number of nitrogens with one attached hydrogen (secondary N) is 1. The second kappa shape index (κ2) is 11.0. The summed E-state index contributed by atoms with van der Waals surface area (Å²) in [5.74, 6) is -1.49. The van der Waals surface area contributed by atoms with E-state index in [1.807, 2.05) is 16.7 Å². The average molecular weight is 496 g/mol. The minimum atomic E-state index is -5.08. The Kier molecular flexibility index (Phi) is 8.12. The quantitative estimate of drug-likeness (QED) is 0.550. The maximum absolute atomic E-state index is 12.7. The fourth-order valence-electron chi connectivity index (χ4n) is 3.39. The number of fused-ring (bicyclic) bond motifs is 1. The van der Waals surface area contributed by atoms with Crippen LogP contribution in [0.4, 0.5) is 19.0 Å². The third-order valence-corrected chi connectivity index (χ3v) is 5.09.